The van der Waals surface area contributed by atoms with Gasteiger partial charge in [0.2, 0.25) is 0 Å². The zero-order valence-corrected chi connectivity index (χ0v) is 18.7. The molecular weight excluding hydrogens is 380 g/mol. The Bertz CT molecular complexity index is 645. The summed E-state index contributed by atoms with van der Waals surface area (Å²) >= 11 is 0. The number of carbonyl (C=O) groups excluding carboxylic acids is 1. The molecule has 1 N–H and O–H groups in total. The van der Waals surface area contributed by atoms with Crippen molar-refractivity contribution in [1.82, 2.24) is 4.90 Å². The SMILES string of the molecule is CCCOC1(C(=O)Nc2ccc(OCCCN3CCOCC3)cc2)CCCC(C)C1. The van der Waals surface area contributed by atoms with E-state index >= 15 is 0 Å². The van der Waals surface area contributed by atoms with Gasteiger partial charge in [-0.15, -0.1) is 0 Å². The first-order valence-corrected chi connectivity index (χ1v) is 11.6. The Kier molecular flexibility index (Phi) is 8.97. The largest absolute Gasteiger partial charge is 0.494 e. The summed E-state index contributed by atoms with van der Waals surface area (Å²) in [6, 6.07) is 7.67. The molecule has 1 aromatic carbocycles. The number of ether oxygens (including phenoxy) is 3. The lowest BCUT2D eigenvalue weighted by Crippen LogP contribution is -2.48. The number of morpholine rings is 1. The van der Waals surface area contributed by atoms with Gasteiger partial charge in [-0.05, 0) is 62.3 Å². The monoisotopic (exact) mass is 418 g/mol. The van der Waals surface area contributed by atoms with Gasteiger partial charge >= 0.3 is 0 Å². The number of hydrogen-bond acceptors (Lipinski definition) is 5. The van der Waals surface area contributed by atoms with Crippen LogP contribution in [0.1, 0.15) is 52.4 Å². The number of carbonyl (C=O) groups is 1. The van der Waals surface area contributed by atoms with Gasteiger partial charge in [0.1, 0.15) is 11.4 Å². The molecule has 1 aliphatic carbocycles. The second-order valence-corrected chi connectivity index (χ2v) is 8.68. The average molecular weight is 419 g/mol. The van der Waals surface area contributed by atoms with Gasteiger partial charge in [-0.1, -0.05) is 20.3 Å². The Morgan fingerprint density at radius 2 is 2.00 bits per heavy atom. The van der Waals surface area contributed by atoms with Crippen molar-refractivity contribution >= 4 is 11.6 Å². The normalized spacial score (nSPS) is 25.1. The van der Waals surface area contributed by atoms with E-state index in [9.17, 15) is 4.79 Å². The minimum atomic E-state index is -0.692. The lowest BCUT2D eigenvalue weighted by Gasteiger charge is -2.38. The van der Waals surface area contributed by atoms with E-state index in [1.807, 2.05) is 24.3 Å². The molecule has 2 unspecified atom stereocenters. The van der Waals surface area contributed by atoms with Crippen molar-refractivity contribution in [1.29, 1.82) is 0 Å². The van der Waals surface area contributed by atoms with Crippen LogP contribution in [0.25, 0.3) is 0 Å². The maximum Gasteiger partial charge on any atom is 0.256 e. The van der Waals surface area contributed by atoms with Gasteiger partial charge in [0.25, 0.3) is 5.91 Å². The van der Waals surface area contributed by atoms with E-state index in [0.717, 1.165) is 76.4 Å². The van der Waals surface area contributed by atoms with Crippen molar-refractivity contribution in [3.63, 3.8) is 0 Å². The van der Waals surface area contributed by atoms with E-state index in [4.69, 9.17) is 14.2 Å². The molecule has 2 fully saturated rings. The topological polar surface area (TPSA) is 60.0 Å². The molecule has 168 valence electrons. The lowest BCUT2D eigenvalue weighted by molar-refractivity contribution is -0.148. The molecule has 6 nitrogen and oxygen atoms in total. The van der Waals surface area contributed by atoms with Crippen LogP contribution in [0.2, 0.25) is 0 Å². The van der Waals surface area contributed by atoms with Gasteiger partial charge in [-0.25, -0.2) is 0 Å². The third kappa shape index (κ3) is 6.69. The Hall–Kier alpha value is -1.63. The molecule has 0 radical (unpaired) electrons. The summed E-state index contributed by atoms with van der Waals surface area (Å²) in [6.45, 7) is 10.3. The highest BCUT2D eigenvalue weighted by molar-refractivity contribution is 5.97. The fourth-order valence-corrected chi connectivity index (χ4v) is 4.39. The van der Waals surface area contributed by atoms with Gasteiger partial charge in [0.05, 0.1) is 19.8 Å². The molecule has 1 heterocycles. The summed E-state index contributed by atoms with van der Waals surface area (Å²) < 4.78 is 17.4. The number of nitrogens with one attached hydrogen (secondary N) is 1. The van der Waals surface area contributed by atoms with E-state index in [2.05, 4.69) is 24.1 Å². The number of hydrogen-bond donors (Lipinski definition) is 1. The number of amides is 1. The first kappa shape index (κ1) is 23.0. The highest BCUT2D eigenvalue weighted by atomic mass is 16.5. The maximum absolute atomic E-state index is 13.1. The first-order valence-electron chi connectivity index (χ1n) is 11.6. The minimum Gasteiger partial charge on any atom is -0.494 e. The van der Waals surface area contributed by atoms with Crippen LogP contribution in [0.3, 0.4) is 0 Å². The van der Waals surface area contributed by atoms with E-state index < -0.39 is 5.60 Å². The summed E-state index contributed by atoms with van der Waals surface area (Å²) in [7, 11) is 0. The highest BCUT2D eigenvalue weighted by Gasteiger charge is 2.42. The van der Waals surface area contributed by atoms with Crippen LogP contribution in [0.5, 0.6) is 5.75 Å². The van der Waals surface area contributed by atoms with E-state index in [-0.39, 0.29) is 5.91 Å². The second kappa shape index (κ2) is 11.7. The fourth-order valence-electron chi connectivity index (χ4n) is 4.39. The van der Waals surface area contributed by atoms with Crippen LogP contribution in [0.15, 0.2) is 24.3 Å². The van der Waals surface area contributed by atoms with Crippen molar-refractivity contribution < 1.29 is 19.0 Å². The number of anilines is 1. The molecule has 0 bridgehead atoms. The van der Waals surface area contributed by atoms with Crippen LogP contribution < -0.4 is 10.1 Å². The Morgan fingerprint density at radius 1 is 1.23 bits per heavy atom. The van der Waals surface area contributed by atoms with E-state index in [1.54, 1.807) is 0 Å². The molecule has 1 aromatic rings. The molecule has 0 aromatic heterocycles. The molecule has 3 rings (SSSR count). The average Bonchev–Trinajstić information content (AvgIpc) is 2.77. The third-order valence-electron chi connectivity index (χ3n) is 6.06. The zero-order chi connectivity index (χ0) is 21.2. The Balaban J connectivity index is 1.46. The van der Waals surface area contributed by atoms with Gasteiger partial charge < -0.3 is 19.5 Å². The summed E-state index contributed by atoms with van der Waals surface area (Å²) in [5.74, 6) is 1.33. The minimum absolute atomic E-state index is 0.0123. The smallest absolute Gasteiger partial charge is 0.256 e. The van der Waals surface area contributed by atoms with Gasteiger partial charge in [-0.2, -0.15) is 0 Å². The molecule has 2 aliphatic rings. The molecule has 1 saturated carbocycles. The Labute approximate surface area is 181 Å². The quantitative estimate of drug-likeness (QED) is 0.580. The standard InChI is InChI=1S/C24H38N2O4/c1-3-15-30-24(11-4-6-20(2)19-24)23(27)25-21-7-9-22(10-8-21)29-16-5-12-26-13-17-28-18-14-26/h7-10,20H,3-6,11-19H2,1-2H3,(H,25,27). The second-order valence-electron chi connectivity index (χ2n) is 8.68. The number of nitrogens with zero attached hydrogens (tertiary/aromatic N) is 1. The molecule has 1 amide bonds. The lowest BCUT2D eigenvalue weighted by atomic mass is 9.78. The zero-order valence-electron chi connectivity index (χ0n) is 18.7. The van der Waals surface area contributed by atoms with Crippen LogP contribution >= 0.6 is 0 Å². The van der Waals surface area contributed by atoms with Crippen LogP contribution in [0, 0.1) is 5.92 Å². The van der Waals surface area contributed by atoms with Crippen molar-refractivity contribution in [2.24, 2.45) is 5.92 Å². The summed E-state index contributed by atoms with van der Waals surface area (Å²) in [5.41, 5.74) is 0.0980. The van der Waals surface area contributed by atoms with Crippen molar-refractivity contribution in [3.8, 4) is 5.75 Å². The molecule has 0 spiro atoms. The predicted molar refractivity (Wildman–Crippen MR) is 119 cm³/mol. The molecule has 1 saturated heterocycles. The fraction of sp³-hybridized carbons (Fsp3) is 0.708. The van der Waals surface area contributed by atoms with Gasteiger partial charge in [0.15, 0.2) is 0 Å². The summed E-state index contributed by atoms with van der Waals surface area (Å²) in [6.07, 6.45) is 5.71. The Morgan fingerprint density at radius 3 is 2.70 bits per heavy atom. The van der Waals surface area contributed by atoms with Crippen LogP contribution in [0.4, 0.5) is 5.69 Å². The summed E-state index contributed by atoms with van der Waals surface area (Å²) in [5, 5.41) is 3.08. The van der Waals surface area contributed by atoms with Crippen molar-refractivity contribution in [2.45, 2.75) is 58.0 Å². The van der Waals surface area contributed by atoms with Gasteiger partial charge in [0, 0.05) is 31.9 Å². The molecule has 1 aliphatic heterocycles. The highest BCUT2D eigenvalue weighted by Crippen LogP contribution is 2.36. The molecular formula is C24H38N2O4. The maximum atomic E-state index is 13.1. The molecule has 6 heteroatoms. The van der Waals surface area contributed by atoms with Crippen LogP contribution in [-0.4, -0.2) is 62.5 Å². The summed E-state index contributed by atoms with van der Waals surface area (Å²) in [4.78, 5) is 15.5. The molecule has 2 atom stereocenters. The third-order valence-corrected chi connectivity index (χ3v) is 6.06. The number of benzene rings is 1. The van der Waals surface area contributed by atoms with Crippen molar-refractivity contribution in [2.75, 3.05) is 51.4 Å². The van der Waals surface area contributed by atoms with Crippen LogP contribution in [-0.2, 0) is 14.3 Å². The van der Waals surface area contributed by atoms with Crippen molar-refractivity contribution in [3.05, 3.63) is 24.3 Å². The van der Waals surface area contributed by atoms with Gasteiger partial charge in [-0.3, -0.25) is 9.69 Å². The molecule has 30 heavy (non-hydrogen) atoms. The predicted octanol–water partition coefficient (Wildman–Crippen LogP) is 4.10. The van der Waals surface area contributed by atoms with E-state index in [1.165, 1.54) is 6.42 Å². The first-order chi connectivity index (χ1) is 14.6. The number of rotatable bonds is 10. The van der Waals surface area contributed by atoms with E-state index in [0.29, 0.717) is 19.1 Å².